The Morgan fingerprint density at radius 1 is 1.48 bits per heavy atom. The molecule has 8 heteroatoms. The van der Waals surface area contributed by atoms with Gasteiger partial charge in [-0.2, -0.15) is 0 Å². The summed E-state index contributed by atoms with van der Waals surface area (Å²) in [5.74, 6) is 1.31. The van der Waals surface area contributed by atoms with Crippen LogP contribution in [0.2, 0.25) is 10.0 Å². The van der Waals surface area contributed by atoms with E-state index in [1.807, 2.05) is 17.6 Å². The second-order valence-electron chi connectivity index (χ2n) is 5.89. The summed E-state index contributed by atoms with van der Waals surface area (Å²) in [4.78, 5) is 12.5. The summed E-state index contributed by atoms with van der Waals surface area (Å²) in [6.45, 7) is 6.26. The Hall–Kier alpha value is -1.50. The van der Waals surface area contributed by atoms with Crippen molar-refractivity contribution in [3.63, 3.8) is 0 Å². The van der Waals surface area contributed by atoms with Crippen LogP contribution in [-0.2, 0) is 11.3 Å². The van der Waals surface area contributed by atoms with Crippen molar-refractivity contribution in [2.24, 2.45) is 0 Å². The third kappa shape index (κ3) is 4.37. The number of nitrogens with zero attached hydrogens (tertiary/aromatic N) is 3. The molecule has 1 N–H and O–H groups in total. The van der Waals surface area contributed by atoms with Crippen LogP contribution in [0.25, 0.3) is 0 Å². The van der Waals surface area contributed by atoms with Crippen molar-refractivity contribution < 1.29 is 4.79 Å². The molecule has 1 unspecified atom stereocenters. The predicted molar refractivity (Wildman–Crippen MR) is 103 cm³/mol. The Morgan fingerprint density at radius 3 is 2.88 bits per heavy atom. The van der Waals surface area contributed by atoms with Crippen molar-refractivity contribution in [1.29, 1.82) is 0 Å². The Bertz CT molecular complexity index is 804. The number of carbonyl (C=O) groups is 1. The molecule has 1 aromatic carbocycles. The van der Waals surface area contributed by atoms with Gasteiger partial charge in [0, 0.05) is 17.5 Å². The minimum absolute atomic E-state index is 0.157. The van der Waals surface area contributed by atoms with Crippen molar-refractivity contribution in [2.75, 3.05) is 5.32 Å². The van der Waals surface area contributed by atoms with Gasteiger partial charge >= 0.3 is 0 Å². The fourth-order valence-electron chi connectivity index (χ4n) is 2.37. The average Bonchev–Trinajstić information content (AvgIpc) is 3.34. The van der Waals surface area contributed by atoms with E-state index < -0.39 is 0 Å². The lowest BCUT2D eigenvalue weighted by atomic mass is 10.3. The smallest absolute Gasteiger partial charge is 0.237 e. The molecule has 3 rings (SSSR count). The van der Waals surface area contributed by atoms with E-state index in [0.29, 0.717) is 28.2 Å². The van der Waals surface area contributed by atoms with Crippen LogP contribution in [0.4, 0.5) is 5.69 Å². The van der Waals surface area contributed by atoms with Crippen LogP contribution in [-0.4, -0.2) is 25.9 Å². The van der Waals surface area contributed by atoms with Gasteiger partial charge in [-0.25, -0.2) is 0 Å². The molecule has 1 atom stereocenters. The van der Waals surface area contributed by atoms with E-state index in [4.69, 9.17) is 23.2 Å². The second-order valence-corrected chi connectivity index (χ2v) is 8.04. The number of nitrogens with one attached hydrogen (secondary N) is 1. The number of thioether (sulfide) groups is 1. The highest BCUT2D eigenvalue weighted by atomic mass is 35.5. The van der Waals surface area contributed by atoms with Gasteiger partial charge in [-0.1, -0.05) is 41.0 Å². The molecule has 1 heterocycles. The van der Waals surface area contributed by atoms with Crippen LogP contribution in [0.5, 0.6) is 0 Å². The molecule has 0 bridgehead atoms. The number of rotatable bonds is 7. The molecule has 1 amide bonds. The predicted octanol–water partition coefficient (Wildman–Crippen LogP) is 4.77. The highest BCUT2D eigenvalue weighted by Crippen LogP contribution is 2.40. The molecule has 0 spiro atoms. The van der Waals surface area contributed by atoms with Gasteiger partial charge in [0.15, 0.2) is 5.16 Å². The van der Waals surface area contributed by atoms with Crippen molar-refractivity contribution in [3.05, 3.63) is 46.7 Å². The molecule has 5 nitrogen and oxygen atoms in total. The van der Waals surface area contributed by atoms with Gasteiger partial charge in [-0.3, -0.25) is 4.79 Å². The maximum absolute atomic E-state index is 12.5. The summed E-state index contributed by atoms with van der Waals surface area (Å²) in [6, 6.07) is 4.97. The van der Waals surface area contributed by atoms with Crippen LogP contribution in [0.1, 0.15) is 31.5 Å². The second kappa shape index (κ2) is 7.81. The van der Waals surface area contributed by atoms with E-state index in [0.717, 1.165) is 23.8 Å². The zero-order valence-electron chi connectivity index (χ0n) is 13.7. The minimum Gasteiger partial charge on any atom is -0.324 e. The van der Waals surface area contributed by atoms with Crippen molar-refractivity contribution >= 4 is 46.6 Å². The number of aromatic nitrogens is 3. The van der Waals surface area contributed by atoms with E-state index in [9.17, 15) is 4.79 Å². The fourth-order valence-corrected chi connectivity index (χ4v) is 3.69. The number of amides is 1. The molecule has 2 aromatic rings. The summed E-state index contributed by atoms with van der Waals surface area (Å²) in [7, 11) is 0. The van der Waals surface area contributed by atoms with Crippen LogP contribution >= 0.6 is 35.0 Å². The van der Waals surface area contributed by atoms with Gasteiger partial charge < -0.3 is 9.88 Å². The van der Waals surface area contributed by atoms with Crippen molar-refractivity contribution in [1.82, 2.24) is 14.8 Å². The zero-order valence-corrected chi connectivity index (χ0v) is 16.0. The van der Waals surface area contributed by atoms with E-state index in [2.05, 4.69) is 22.1 Å². The number of hydrogen-bond acceptors (Lipinski definition) is 4. The van der Waals surface area contributed by atoms with Gasteiger partial charge in [0.25, 0.3) is 0 Å². The van der Waals surface area contributed by atoms with Gasteiger partial charge in [-0.15, -0.1) is 16.8 Å². The highest BCUT2D eigenvalue weighted by molar-refractivity contribution is 8.00. The lowest BCUT2D eigenvalue weighted by molar-refractivity contribution is -0.115. The summed E-state index contributed by atoms with van der Waals surface area (Å²) in [6.07, 6.45) is 4.10. The largest absolute Gasteiger partial charge is 0.324 e. The van der Waals surface area contributed by atoms with Crippen LogP contribution < -0.4 is 5.32 Å². The first kappa shape index (κ1) is 18.3. The van der Waals surface area contributed by atoms with Crippen LogP contribution in [0, 0.1) is 0 Å². The number of anilines is 1. The average molecular weight is 397 g/mol. The standard InChI is InChI=1S/C17H18Cl2N4OS/c1-3-8-23-15(11-4-5-11)21-22-17(23)25-10(2)16(24)20-14-7-6-12(18)9-13(14)19/h3,6-7,9-11H,1,4-5,8H2,2H3,(H,20,24). The summed E-state index contributed by atoms with van der Waals surface area (Å²) in [5, 5.41) is 12.7. The normalized spacial score (nSPS) is 15.0. The van der Waals surface area contributed by atoms with E-state index in [1.165, 1.54) is 11.8 Å². The maximum Gasteiger partial charge on any atom is 0.237 e. The van der Waals surface area contributed by atoms with Crippen molar-refractivity contribution in [2.45, 2.75) is 42.6 Å². The van der Waals surface area contributed by atoms with Crippen LogP contribution in [0.3, 0.4) is 0 Å². The van der Waals surface area contributed by atoms with Crippen molar-refractivity contribution in [3.8, 4) is 0 Å². The lowest BCUT2D eigenvalue weighted by Gasteiger charge is -2.13. The molecule has 25 heavy (non-hydrogen) atoms. The summed E-state index contributed by atoms with van der Waals surface area (Å²) < 4.78 is 2.04. The summed E-state index contributed by atoms with van der Waals surface area (Å²) in [5.41, 5.74) is 0.537. The molecule has 1 fully saturated rings. The topological polar surface area (TPSA) is 59.8 Å². The molecular weight excluding hydrogens is 379 g/mol. The van der Waals surface area contributed by atoms with Crippen LogP contribution in [0.15, 0.2) is 36.0 Å². The first-order chi connectivity index (χ1) is 12.0. The monoisotopic (exact) mass is 396 g/mol. The van der Waals surface area contributed by atoms with Gasteiger partial charge in [-0.05, 0) is 38.0 Å². The number of carbonyl (C=O) groups excluding carboxylic acids is 1. The molecular formula is C17H18Cl2N4OS. The van der Waals surface area contributed by atoms with E-state index >= 15 is 0 Å². The number of hydrogen-bond donors (Lipinski definition) is 1. The molecule has 132 valence electrons. The molecule has 0 radical (unpaired) electrons. The molecule has 1 saturated carbocycles. The lowest BCUT2D eigenvalue weighted by Crippen LogP contribution is -2.23. The van der Waals surface area contributed by atoms with E-state index in [-0.39, 0.29) is 11.2 Å². The molecule has 1 aliphatic rings. The Kier molecular flexibility index (Phi) is 5.71. The maximum atomic E-state index is 12.5. The van der Waals surface area contributed by atoms with Gasteiger partial charge in [0.1, 0.15) is 5.82 Å². The number of halogens is 2. The molecule has 1 aromatic heterocycles. The van der Waals surface area contributed by atoms with Gasteiger partial charge in [0.2, 0.25) is 5.91 Å². The third-order valence-electron chi connectivity index (χ3n) is 3.84. The Morgan fingerprint density at radius 2 is 2.24 bits per heavy atom. The highest BCUT2D eigenvalue weighted by Gasteiger charge is 2.31. The molecule has 1 aliphatic carbocycles. The fraction of sp³-hybridized carbons (Fsp3) is 0.353. The minimum atomic E-state index is -0.355. The third-order valence-corrected chi connectivity index (χ3v) is 5.47. The first-order valence-corrected chi connectivity index (χ1v) is 9.59. The summed E-state index contributed by atoms with van der Waals surface area (Å²) >= 11 is 13.4. The Labute approximate surface area is 160 Å². The quantitative estimate of drug-likeness (QED) is 0.540. The Balaban J connectivity index is 1.70. The molecule has 0 saturated heterocycles. The SMILES string of the molecule is C=CCn1c(SC(C)C(=O)Nc2ccc(Cl)cc2Cl)nnc1C1CC1. The van der Waals surface area contributed by atoms with Gasteiger partial charge in [0.05, 0.1) is 16.0 Å². The first-order valence-electron chi connectivity index (χ1n) is 7.96. The number of benzene rings is 1. The van der Waals surface area contributed by atoms with E-state index in [1.54, 1.807) is 18.2 Å². The molecule has 0 aliphatic heterocycles. The number of allylic oxidation sites excluding steroid dienone is 1. The zero-order chi connectivity index (χ0) is 18.0.